The fraction of sp³-hybridized carbons (Fsp3) is 0.636. The van der Waals surface area contributed by atoms with Gasteiger partial charge in [-0.25, -0.2) is 0 Å². The van der Waals surface area contributed by atoms with Crippen LogP contribution in [0.4, 0.5) is 0 Å². The lowest BCUT2D eigenvalue weighted by atomic mass is 10.1. The van der Waals surface area contributed by atoms with Gasteiger partial charge < -0.3 is 14.8 Å². The number of methoxy groups -OCH3 is 2. The molecular formula is C11H19NO2S. The van der Waals surface area contributed by atoms with E-state index >= 15 is 0 Å². The first-order valence-electron chi connectivity index (χ1n) is 5.01. The van der Waals surface area contributed by atoms with Crippen molar-refractivity contribution in [2.45, 2.75) is 26.3 Å². The fourth-order valence-corrected chi connectivity index (χ4v) is 2.47. The van der Waals surface area contributed by atoms with Crippen LogP contribution in [0.25, 0.3) is 0 Å². The number of ether oxygens (including phenoxy) is 2. The van der Waals surface area contributed by atoms with E-state index in [0.717, 1.165) is 16.5 Å². The number of hydrogen-bond donors (Lipinski definition) is 1. The Morgan fingerprint density at radius 3 is 2.33 bits per heavy atom. The van der Waals surface area contributed by atoms with Gasteiger partial charge in [0.15, 0.2) is 10.1 Å². The highest BCUT2D eigenvalue weighted by Crippen LogP contribution is 2.40. The van der Waals surface area contributed by atoms with Gasteiger partial charge in [-0.15, -0.1) is 0 Å². The van der Waals surface area contributed by atoms with Crippen LogP contribution in [-0.2, 0) is 6.42 Å². The standard InChI is InChI=1S/C11H19NO2S/c1-7(12-3)6-9-8(2)10(13-4)15-11(9)14-5/h7,12H,6H2,1-5H3. The van der Waals surface area contributed by atoms with Crippen LogP contribution in [0.3, 0.4) is 0 Å². The summed E-state index contributed by atoms with van der Waals surface area (Å²) in [6, 6.07) is 0.442. The highest BCUT2D eigenvalue weighted by molar-refractivity contribution is 7.16. The Hall–Kier alpha value is -0.740. The number of nitrogens with one attached hydrogen (secondary N) is 1. The normalized spacial score (nSPS) is 12.6. The van der Waals surface area contributed by atoms with Gasteiger partial charge in [-0.3, -0.25) is 0 Å². The minimum absolute atomic E-state index is 0.442. The summed E-state index contributed by atoms with van der Waals surface area (Å²) in [5.74, 6) is 0. The molecule has 0 amide bonds. The molecule has 4 heteroatoms. The van der Waals surface area contributed by atoms with Crippen LogP contribution in [0, 0.1) is 6.92 Å². The van der Waals surface area contributed by atoms with E-state index < -0.39 is 0 Å². The molecule has 1 N–H and O–H groups in total. The van der Waals surface area contributed by atoms with Crippen LogP contribution < -0.4 is 14.8 Å². The van der Waals surface area contributed by atoms with E-state index in [1.54, 1.807) is 25.6 Å². The van der Waals surface area contributed by atoms with Crippen LogP contribution in [0.5, 0.6) is 10.1 Å². The van der Waals surface area contributed by atoms with E-state index in [0.29, 0.717) is 6.04 Å². The zero-order chi connectivity index (χ0) is 11.4. The highest BCUT2D eigenvalue weighted by atomic mass is 32.1. The van der Waals surface area contributed by atoms with Crippen LogP contribution in [0.1, 0.15) is 18.1 Å². The maximum Gasteiger partial charge on any atom is 0.180 e. The van der Waals surface area contributed by atoms with Crippen LogP contribution in [0.15, 0.2) is 0 Å². The molecule has 3 nitrogen and oxygen atoms in total. The van der Waals surface area contributed by atoms with E-state index in [1.165, 1.54) is 11.1 Å². The van der Waals surface area contributed by atoms with Gasteiger partial charge >= 0.3 is 0 Å². The molecule has 1 heterocycles. The first kappa shape index (κ1) is 12.3. The van der Waals surface area contributed by atoms with Gasteiger partial charge in [0.1, 0.15) is 0 Å². The number of rotatable bonds is 5. The lowest BCUT2D eigenvalue weighted by Crippen LogP contribution is -2.23. The van der Waals surface area contributed by atoms with E-state index in [9.17, 15) is 0 Å². The highest BCUT2D eigenvalue weighted by Gasteiger charge is 2.17. The van der Waals surface area contributed by atoms with Crippen molar-refractivity contribution in [3.05, 3.63) is 11.1 Å². The molecule has 0 saturated heterocycles. The Bertz CT molecular complexity index is 323. The minimum atomic E-state index is 0.442. The molecule has 1 unspecified atom stereocenters. The van der Waals surface area contributed by atoms with Crippen molar-refractivity contribution < 1.29 is 9.47 Å². The Morgan fingerprint density at radius 1 is 1.27 bits per heavy atom. The average Bonchev–Trinajstić information content (AvgIpc) is 2.55. The monoisotopic (exact) mass is 229 g/mol. The van der Waals surface area contributed by atoms with E-state index in [2.05, 4.69) is 19.2 Å². The predicted octanol–water partition coefficient (Wildman–Crippen LogP) is 2.22. The lowest BCUT2D eigenvalue weighted by Gasteiger charge is -2.11. The SMILES string of the molecule is CNC(C)Cc1c(OC)sc(OC)c1C. The lowest BCUT2D eigenvalue weighted by molar-refractivity contribution is 0.419. The van der Waals surface area contributed by atoms with Crippen LogP contribution >= 0.6 is 11.3 Å². The molecule has 0 aliphatic carbocycles. The zero-order valence-electron chi connectivity index (χ0n) is 10.0. The van der Waals surface area contributed by atoms with Crippen molar-refractivity contribution in [3.63, 3.8) is 0 Å². The van der Waals surface area contributed by atoms with Gasteiger partial charge in [0.25, 0.3) is 0 Å². The average molecular weight is 229 g/mol. The summed E-state index contributed by atoms with van der Waals surface area (Å²) in [4.78, 5) is 0. The Labute approximate surface area is 95.4 Å². The second-order valence-corrected chi connectivity index (χ2v) is 4.53. The fourth-order valence-electron chi connectivity index (χ4n) is 1.50. The number of likely N-dealkylation sites (N-methyl/N-ethyl adjacent to an activating group) is 1. The third-order valence-corrected chi connectivity index (χ3v) is 3.82. The Balaban J connectivity index is 2.97. The summed E-state index contributed by atoms with van der Waals surface area (Å²) in [5.41, 5.74) is 2.45. The largest absolute Gasteiger partial charge is 0.487 e. The molecule has 1 aromatic rings. The molecule has 86 valence electrons. The summed E-state index contributed by atoms with van der Waals surface area (Å²) < 4.78 is 10.7. The summed E-state index contributed by atoms with van der Waals surface area (Å²) in [6.45, 7) is 4.23. The first-order chi connectivity index (χ1) is 7.13. The molecule has 0 aromatic carbocycles. The zero-order valence-corrected chi connectivity index (χ0v) is 10.8. The Morgan fingerprint density at radius 2 is 1.87 bits per heavy atom. The van der Waals surface area contributed by atoms with Gasteiger partial charge in [0, 0.05) is 17.2 Å². The predicted molar refractivity (Wildman–Crippen MR) is 64.4 cm³/mol. The molecule has 0 fully saturated rings. The summed E-state index contributed by atoms with van der Waals surface area (Å²) >= 11 is 1.57. The van der Waals surface area contributed by atoms with Crippen molar-refractivity contribution in [1.82, 2.24) is 5.32 Å². The van der Waals surface area contributed by atoms with Crippen molar-refractivity contribution in [3.8, 4) is 10.1 Å². The quantitative estimate of drug-likeness (QED) is 0.840. The van der Waals surface area contributed by atoms with Gasteiger partial charge in [-0.1, -0.05) is 11.3 Å². The molecule has 0 bridgehead atoms. The maximum atomic E-state index is 5.36. The van der Waals surface area contributed by atoms with E-state index in [4.69, 9.17) is 9.47 Å². The molecule has 0 radical (unpaired) electrons. The van der Waals surface area contributed by atoms with Gasteiger partial charge in [0.05, 0.1) is 14.2 Å². The molecular weight excluding hydrogens is 210 g/mol. The van der Waals surface area contributed by atoms with Gasteiger partial charge in [-0.2, -0.15) is 0 Å². The Kier molecular flexibility index (Phi) is 4.42. The molecule has 1 atom stereocenters. The van der Waals surface area contributed by atoms with Crippen LogP contribution in [-0.4, -0.2) is 27.3 Å². The second kappa shape index (κ2) is 5.37. The smallest absolute Gasteiger partial charge is 0.180 e. The van der Waals surface area contributed by atoms with Crippen LogP contribution in [0.2, 0.25) is 0 Å². The molecule has 0 aliphatic heterocycles. The molecule has 0 saturated carbocycles. The minimum Gasteiger partial charge on any atom is -0.487 e. The number of thiophene rings is 1. The third-order valence-electron chi connectivity index (χ3n) is 2.56. The third kappa shape index (κ3) is 2.63. The van der Waals surface area contributed by atoms with Crippen molar-refractivity contribution in [1.29, 1.82) is 0 Å². The summed E-state index contributed by atoms with van der Waals surface area (Å²) in [6.07, 6.45) is 0.964. The van der Waals surface area contributed by atoms with Gasteiger partial charge in [-0.05, 0) is 27.3 Å². The maximum absolute atomic E-state index is 5.36. The summed E-state index contributed by atoms with van der Waals surface area (Å²) in [7, 11) is 5.37. The summed E-state index contributed by atoms with van der Waals surface area (Å²) in [5, 5.41) is 5.14. The van der Waals surface area contributed by atoms with Crippen molar-refractivity contribution in [2.75, 3.05) is 21.3 Å². The topological polar surface area (TPSA) is 30.5 Å². The molecule has 1 rings (SSSR count). The van der Waals surface area contributed by atoms with Gasteiger partial charge in [0.2, 0.25) is 0 Å². The van der Waals surface area contributed by atoms with Crippen molar-refractivity contribution in [2.24, 2.45) is 0 Å². The molecule has 0 aliphatic rings. The van der Waals surface area contributed by atoms with E-state index in [1.807, 2.05) is 7.05 Å². The molecule has 0 spiro atoms. The number of hydrogen-bond acceptors (Lipinski definition) is 4. The first-order valence-corrected chi connectivity index (χ1v) is 5.83. The van der Waals surface area contributed by atoms with Crippen molar-refractivity contribution >= 4 is 11.3 Å². The molecule has 15 heavy (non-hydrogen) atoms. The van der Waals surface area contributed by atoms with E-state index in [-0.39, 0.29) is 0 Å². The molecule has 1 aromatic heterocycles. The second-order valence-electron chi connectivity index (χ2n) is 3.58.